The van der Waals surface area contributed by atoms with Crippen LogP contribution in [-0.2, 0) is 4.74 Å². The molecule has 2 rings (SSSR count). The highest BCUT2D eigenvalue weighted by Crippen LogP contribution is 2.15. The van der Waals surface area contributed by atoms with Crippen molar-refractivity contribution in [3.63, 3.8) is 0 Å². The van der Waals surface area contributed by atoms with Gasteiger partial charge in [0.15, 0.2) is 0 Å². The van der Waals surface area contributed by atoms with Gasteiger partial charge in [-0.1, -0.05) is 29.8 Å². The number of carbonyl (C=O) groups is 1. The molecule has 0 amide bonds. The van der Waals surface area contributed by atoms with E-state index in [0.29, 0.717) is 30.9 Å². The number of hydrogen-bond donors (Lipinski definition) is 1. The first-order valence-electron chi connectivity index (χ1n) is 6.88. The summed E-state index contributed by atoms with van der Waals surface area (Å²) in [6.45, 7) is 2.71. The fourth-order valence-corrected chi connectivity index (χ4v) is 1.86. The van der Waals surface area contributed by atoms with E-state index in [0.717, 1.165) is 11.3 Å². The summed E-state index contributed by atoms with van der Waals surface area (Å²) in [6.07, 6.45) is 0.631. The molecule has 2 aromatic rings. The van der Waals surface area contributed by atoms with E-state index in [4.69, 9.17) is 15.2 Å². The molecular formula is C17H19NO3. The Labute approximate surface area is 124 Å². The average Bonchev–Trinajstić information content (AvgIpc) is 2.50. The number of hydrogen-bond acceptors (Lipinski definition) is 4. The summed E-state index contributed by atoms with van der Waals surface area (Å²) in [6, 6.07) is 14.8. The molecule has 0 bridgehead atoms. The summed E-state index contributed by atoms with van der Waals surface area (Å²) in [5.41, 5.74) is 7.60. The van der Waals surface area contributed by atoms with Gasteiger partial charge in [0.2, 0.25) is 0 Å². The maximum Gasteiger partial charge on any atom is 0.340 e. The van der Waals surface area contributed by atoms with Gasteiger partial charge in [-0.05, 0) is 31.2 Å². The van der Waals surface area contributed by atoms with Crippen LogP contribution in [0.25, 0.3) is 0 Å². The first kappa shape index (κ1) is 14.9. The number of rotatable bonds is 6. The quantitative estimate of drug-likeness (QED) is 0.503. The smallest absolute Gasteiger partial charge is 0.340 e. The lowest BCUT2D eigenvalue weighted by Gasteiger charge is -2.09. The van der Waals surface area contributed by atoms with E-state index >= 15 is 0 Å². The highest BCUT2D eigenvalue weighted by atomic mass is 16.5. The molecule has 0 aromatic heterocycles. The Hall–Kier alpha value is -2.49. The van der Waals surface area contributed by atoms with E-state index in [2.05, 4.69) is 0 Å². The van der Waals surface area contributed by atoms with E-state index in [9.17, 15) is 4.79 Å². The average molecular weight is 285 g/mol. The van der Waals surface area contributed by atoms with Gasteiger partial charge in [-0.25, -0.2) is 4.79 Å². The van der Waals surface area contributed by atoms with Gasteiger partial charge in [-0.15, -0.1) is 0 Å². The van der Waals surface area contributed by atoms with Gasteiger partial charge >= 0.3 is 5.97 Å². The highest BCUT2D eigenvalue weighted by molar-refractivity contribution is 5.95. The van der Waals surface area contributed by atoms with E-state index in [1.54, 1.807) is 12.1 Å². The van der Waals surface area contributed by atoms with Crippen LogP contribution < -0.4 is 10.5 Å². The minimum absolute atomic E-state index is 0.305. The van der Waals surface area contributed by atoms with Gasteiger partial charge in [-0.3, -0.25) is 0 Å². The summed E-state index contributed by atoms with van der Waals surface area (Å²) in [7, 11) is 0. The Morgan fingerprint density at radius 1 is 1.10 bits per heavy atom. The fourth-order valence-electron chi connectivity index (χ4n) is 1.86. The van der Waals surface area contributed by atoms with Crippen molar-refractivity contribution >= 4 is 11.7 Å². The molecule has 0 fully saturated rings. The number of anilines is 1. The minimum atomic E-state index is -0.393. The molecule has 2 N–H and O–H groups in total. The molecule has 4 nitrogen and oxygen atoms in total. The van der Waals surface area contributed by atoms with Crippen LogP contribution in [0.2, 0.25) is 0 Å². The van der Waals surface area contributed by atoms with E-state index in [1.807, 2.05) is 43.3 Å². The molecule has 0 heterocycles. The van der Waals surface area contributed by atoms with Gasteiger partial charge < -0.3 is 15.2 Å². The third kappa shape index (κ3) is 4.53. The third-order valence-corrected chi connectivity index (χ3v) is 2.96. The molecule has 0 aliphatic carbocycles. The van der Waals surface area contributed by atoms with Crippen LogP contribution in [0.1, 0.15) is 22.3 Å². The van der Waals surface area contributed by atoms with Crippen molar-refractivity contribution in [3.8, 4) is 5.75 Å². The molecule has 110 valence electrons. The normalized spacial score (nSPS) is 10.1. The summed E-state index contributed by atoms with van der Waals surface area (Å²) >= 11 is 0. The van der Waals surface area contributed by atoms with E-state index in [1.165, 1.54) is 0 Å². The molecule has 21 heavy (non-hydrogen) atoms. The monoisotopic (exact) mass is 285 g/mol. The van der Waals surface area contributed by atoms with Crippen molar-refractivity contribution in [1.29, 1.82) is 0 Å². The number of benzene rings is 2. The maximum atomic E-state index is 11.9. The lowest BCUT2D eigenvalue weighted by Crippen LogP contribution is -2.11. The molecular weight excluding hydrogens is 266 g/mol. The van der Waals surface area contributed by atoms with Gasteiger partial charge in [-0.2, -0.15) is 0 Å². The second kappa shape index (κ2) is 7.33. The van der Waals surface area contributed by atoms with Crippen molar-refractivity contribution < 1.29 is 14.3 Å². The summed E-state index contributed by atoms with van der Waals surface area (Å²) < 4.78 is 10.7. The van der Waals surface area contributed by atoms with Crippen LogP contribution in [0.3, 0.4) is 0 Å². The number of aryl methyl sites for hydroxylation is 1. The molecule has 0 radical (unpaired) electrons. The molecule has 0 saturated carbocycles. The zero-order valence-electron chi connectivity index (χ0n) is 12.0. The Kier molecular flexibility index (Phi) is 5.21. The number of nitrogen functional groups attached to an aromatic ring is 1. The van der Waals surface area contributed by atoms with Crippen LogP contribution in [0.5, 0.6) is 5.75 Å². The number of ether oxygens (including phenoxy) is 2. The second-order valence-electron chi connectivity index (χ2n) is 4.74. The Morgan fingerprint density at radius 3 is 2.62 bits per heavy atom. The summed E-state index contributed by atoms with van der Waals surface area (Å²) in [4.78, 5) is 11.9. The van der Waals surface area contributed by atoms with Crippen molar-refractivity contribution in [3.05, 3.63) is 59.7 Å². The van der Waals surface area contributed by atoms with Gasteiger partial charge in [0, 0.05) is 12.1 Å². The van der Waals surface area contributed by atoms with Crippen LogP contribution in [0.4, 0.5) is 5.69 Å². The zero-order chi connectivity index (χ0) is 15.1. The zero-order valence-corrected chi connectivity index (χ0v) is 12.0. The third-order valence-electron chi connectivity index (χ3n) is 2.96. The second-order valence-corrected chi connectivity index (χ2v) is 4.74. The number of para-hydroxylation sites is 1. The minimum Gasteiger partial charge on any atom is -0.493 e. The standard InChI is InChI=1S/C17H19NO3/c1-13-8-9-16(18)15(12-13)17(19)21-11-5-10-20-14-6-3-2-4-7-14/h2-4,6-9,12H,5,10-11,18H2,1H3. The molecule has 0 aliphatic rings. The van der Waals surface area contributed by atoms with Crippen molar-refractivity contribution in [1.82, 2.24) is 0 Å². The number of nitrogens with two attached hydrogens (primary N) is 1. The van der Waals surface area contributed by atoms with E-state index in [-0.39, 0.29) is 0 Å². The highest BCUT2D eigenvalue weighted by Gasteiger charge is 2.11. The molecule has 0 saturated heterocycles. The predicted octanol–water partition coefficient (Wildman–Crippen LogP) is 3.20. The number of esters is 1. The Morgan fingerprint density at radius 2 is 1.86 bits per heavy atom. The predicted molar refractivity (Wildman–Crippen MR) is 82.4 cm³/mol. The van der Waals surface area contributed by atoms with Crippen LogP contribution in [0, 0.1) is 6.92 Å². The largest absolute Gasteiger partial charge is 0.493 e. The first-order valence-corrected chi connectivity index (χ1v) is 6.88. The van der Waals surface area contributed by atoms with Gasteiger partial charge in [0.25, 0.3) is 0 Å². The lowest BCUT2D eigenvalue weighted by atomic mass is 10.1. The molecule has 0 aliphatic heterocycles. The molecule has 0 atom stereocenters. The number of carbonyl (C=O) groups excluding carboxylic acids is 1. The maximum absolute atomic E-state index is 11.9. The molecule has 4 heteroatoms. The summed E-state index contributed by atoms with van der Waals surface area (Å²) in [5.74, 6) is 0.419. The first-order chi connectivity index (χ1) is 10.2. The van der Waals surface area contributed by atoms with Gasteiger partial charge in [0.05, 0.1) is 18.8 Å². The van der Waals surface area contributed by atoms with Crippen molar-refractivity contribution in [2.75, 3.05) is 18.9 Å². The van der Waals surface area contributed by atoms with Crippen LogP contribution in [0.15, 0.2) is 48.5 Å². The molecule has 0 unspecified atom stereocenters. The SMILES string of the molecule is Cc1ccc(N)c(C(=O)OCCCOc2ccccc2)c1. The summed E-state index contributed by atoms with van der Waals surface area (Å²) in [5, 5.41) is 0. The van der Waals surface area contributed by atoms with Crippen molar-refractivity contribution in [2.24, 2.45) is 0 Å². The fraction of sp³-hybridized carbons (Fsp3) is 0.235. The van der Waals surface area contributed by atoms with Crippen LogP contribution in [-0.4, -0.2) is 19.2 Å². The Balaban J connectivity index is 1.73. The van der Waals surface area contributed by atoms with Crippen LogP contribution >= 0.6 is 0 Å². The molecule has 2 aromatic carbocycles. The molecule has 0 spiro atoms. The lowest BCUT2D eigenvalue weighted by molar-refractivity contribution is 0.0487. The van der Waals surface area contributed by atoms with Gasteiger partial charge in [0.1, 0.15) is 5.75 Å². The Bertz CT molecular complexity index is 596. The van der Waals surface area contributed by atoms with E-state index < -0.39 is 5.97 Å². The topological polar surface area (TPSA) is 61.6 Å². The van der Waals surface area contributed by atoms with Crippen molar-refractivity contribution in [2.45, 2.75) is 13.3 Å².